The molecule has 0 spiro atoms. The van der Waals surface area contributed by atoms with Crippen molar-refractivity contribution in [3.8, 4) is 10.6 Å². The van der Waals surface area contributed by atoms with Crippen LogP contribution in [-0.4, -0.2) is 16.9 Å². The van der Waals surface area contributed by atoms with Gasteiger partial charge in [0.25, 0.3) is 0 Å². The van der Waals surface area contributed by atoms with Crippen molar-refractivity contribution in [2.24, 2.45) is 10.1 Å². The van der Waals surface area contributed by atoms with Gasteiger partial charge in [-0.3, -0.25) is 4.99 Å². The first kappa shape index (κ1) is 16.2. The van der Waals surface area contributed by atoms with Gasteiger partial charge in [-0.1, -0.05) is 35.9 Å². The van der Waals surface area contributed by atoms with Crippen LogP contribution in [0.3, 0.4) is 0 Å². The number of halogens is 1. The smallest absolute Gasteiger partial charge is 0.206 e. The van der Waals surface area contributed by atoms with E-state index in [1.54, 1.807) is 22.7 Å². The second kappa shape index (κ2) is 7.25. The third-order valence-corrected chi connectivity index (χ3v) is 5.34. The standard InChI is InChI=1S/C17H16ClN3S2/c1-3-19-17-21(15(11-23-17)16-9-6-10-22-16)20-12(2)13-7-4-5-8-14(13)18/h4-11H,3H2,1-2H3. The molecule has 0 unspecified atom stereocenters. The highest BCUT2D eigenvalue weighted by Crippen LogP contribution is 2.25. The van der Waals surface area contributed by atoms with Crippen molar-refractivity contribution in [1.82, 2.24) is 4.68 Å². The summed E-state index contributed by atoms with van der Waals surface area (Å²) in [5.74, 6) is 0. The molecule has 1 aromatic carbocycles. The summed E-state index contributed by atoms with van der Waals surface area (Å²) in [6.07, 6.45) is 0. The van der Waals surface area contributed by atoms with Crippen LogP contribution in [0, 0.1) is 0 Å². The molecule has 0 saturated carbocycles. The minimum atomic E-state index is 0.705. The Labute approximate surface area is 148 Å². The van der Waals surface area contributed by atoms with E-state index in [0.29, 0.717) is 5.02 Å². The second-order valence-electron chi connectivity index (χ2n) is 4.83. The molecular weight excluding hydrogens is 346 g/mol. The Bertz CT molecular complexity index is 889. The van der Waals surface area contributed by atoms with E-state index in [4.69, 9.17) is 16.7 Å². The van der Waals surface area contributed by atoms with Gasteiger partial charge in [0, 0.05) is 22.5 Å². The molecule has 2 heterocycles. The molecule has 118 valence electrons. The van der Waals surface area contributed by atoms with Crippen LogP contribution < -0.4 is 4.80 Å². The molecule has 3 rings (SSSR count). The monoisotopic (exact) mass is 361 g/mol. The number of thiophene rings is 1. The van der Waals surface area contributed by atoms with Crippen LogP contribution in [0.25, 0.3) is 10.6 Å². The largest absolute Gasteiger partial charge is 0.258 e. The minimum absolute atomic E-state index is 0.705. The van der Waals surface area contributed by atoms with Crippen molar-refractivity contribution in [3.63, 3.8) is 0 Å². The first-order valence-electron chi connectivity index (χ1n) is 7.26. The molecule has 0 saturated heterocycles. The Morgan fingerprint density at radius 2 is 2.00 bits per heavy atom. The van der Waals surface area contributed by atoms with Crippen molar-refractivity contribution in [1.29, 1.82) is 0 Å². The first-order chi connectivity index (χ1) is 11.2. The number of thiazole rings is 1. The summed E-state index contributed by atoms with van der Waals surface area (Å²) >= 11 is 9.59. The van der Waals surface area contributed by atoms with E-state index in [2.05, 4.69) is 21.8 Å². The highest BCUT2D eigenvalue weighted by Gasteiger charge is 2.10. The van der Waals surface area contributed by atoms with E-state index in [-0.39, 0.29) is 0 Å². The Kier molecular flexibility index (Phi) is 5.10. The normalized spacial score (nSPS) is 12.8. The number of hydrogen-bond donors (Lipinski definition) is 0. The summed E-state index contributed by atoms with van der Waals surface area (Å²) in [5, 5.41) is 9.67. The Morgan fingerprint density at radius 3 is 2.70 bits per heavy atom. The van der Waals surface area contributed by atoms with Crippen LogP contribution in [0.2, 0.25) is 5.02 Å². The average molecular weight is 362 g/mol. The summed E-state index contributed by atoms with van der Waals surface area (Å²) in [6.45, 7) is 4.73. The minimum Gasteiger partial charge on any atom is -0.258 e. The summed E-state index contributed by atoms with van der Waals surface area (Å²) in [7, 11) is 0. The highest BCUT2D eigenvalue weighted by atomic mass is 35.5. The molecule has 0 fully saturated rings. The SMILES string of the molecule is CCN=c1scc(-c2cccs2)n1N=C(C)c1ccccc1Cl. The zero-order valence-corrected chi connectivity index (χ0v) is 15.3. The van der Waals surface area contributed by atoms with Crippen molar-refractivity contribution in [2.45, 2.75) is 13.8 Å². The maximum Gasteiger partial charge on any atom is 0.206 e. The third kappa shape index (κ3) is 3.47. The maximum absolute atomic E-state index is 6.29. The number of benzene rings is 1. The molecule has 0 radical (unpaired) electrons. The lowest BCUT2D eigenvalue weighted by atomic mass is 10.1. The van der Waals surface area contributed by atoms with Crippen molar-refractivity contribution < 1.29 is 0 Å². The Balaban J connectivity index is 2.15. The molecule has 3 aromatic rings. The molecular formula is C17H16ClN3S2. The summed E-state index contributed by atoms with van der Waals surface area (Å²) in [6, 6.07) is 11.9. The fourth-order valence-corrected chi connectivity index (χ4v) is 4.15. The Morgan fingerprint density at radius 1 is 1.17 bits per heavy atom. The molecule has 0 aliphatic heterocycles. The van der Waals surface area contributed by atoms with Crippen molar-refractivity contribution in [2.75, 3.05) is 6.54 Å². The zero-order chi connectivity index (χ0) is 16.2. The van der Waals surface area contributed by atoms with Gasteiger partial charge in [0.1, 0.15) is 0 Å². The van der Waals surface area contributed by atoms with Crippen molar-refractivity contribution in [3.05, 3.63) is 62.5 Å². The highest BCUT2D eigenvalue weighted by molar-refractivity contribution is 7.14. The van der Waals surface area contributed by atoms with Crippen LogP contribution in [0.15, 0.2) is 57.3 Å². The van der Waals surface area contributed by atoms with Gasteiger partial charge in [-0.05, 0) is 31.4 Å². The van der Waals surface area contributed by atoms with Gasteiger partial charge in [0.2, 0.25) is 4.80 Å². The molecule has 0 aliphatic rings. The predicted molar refractivity (Wildman–Crippen MR) is 101 cm³/mol. The van der Waals surface area contributed by atoms with Gasteiger partial charge < -0.3 is 0 Å². The molecule has 23 heavy (non-hydrogen) atoms. The van der Waals surface area contributed by atoms with E-state index in [0.717, 1.165) is 28.3 Å². The fraction of sp³-hybridized carbons (Fsp3) is 0.176. The van der Waals surface area contributed by atoms with Gasteiger partial charge in [-0.15, -0.1) is 22.7 Å². The number of hydrogen-bond acceptors (Lipinski definition) is 4. The molecule has 0 N–H and O–H groups in total. The van der Waals surface area contributed by atoms with E-state index < -0.39 is 0 Å². The van der Waals surface area contributed by atoms with Gasteiger partial charge in [-0.25, -0.2) is 4.68 Å². The predicted octanol–water partition coefficient (Wildman–Crippen LogP) is 5.12. The number of rotatable bonds is 4. The van der Waals surface area contributed by atoms with E-state index in [1.165, 1.54) is 4.88 Å². The topological polar surface area (TPSA) is 29.6 Å². The van der Waals surface area contributed by atoms with Gasteiger partial charge >= 0.3 is 0 Å². The van der Waals surface area contributed by atoms with Gasteiger partial charge in [0.15, 0.2) is 0 Å². The quantitative estimate of drug-likeness (QED) is 0.577. The van der Waals surface area contributed by atoms with E-state index in [1.807, 2.05) is 48.9 Å². The zero-order valence-electron chi connectivity index (χ0n) is 12.9. The van der Waals surface area contributed by atoms with Crippen LogP contribution in [0.1, 0.15) is 19.4 Å². The van der Waals surface area contributed by atoms with Crippen LogP contribution in [-0.2, 0) is 0 Å². The summed E-state index contributed by atoms with van der Waals surface area (Å²) < 4.78 is 1.92. The van der Waals surface area contributed by atoms with Crippen molar-refractivity contribution >= 4 is 40.0 Å². The summed E-state index contributed by atoms with van der Waals surface area (Å²) in [5.41, 5.74) is 2.86. The molecule has 2 aromatic heterocycles. The molecule has 0 amide bonds. The molecule has 6 heteroatoms. The summed E-state index contributed by atoms with van der Waals surface area (Å²) in [4.78, 5) is 6.62. The number of aromatic nitrogens is 1. The molecule has 0 bridgehead atoms. The lowest BCUT2D eigenvalue weighted by Gasteiger charge is -2.06. The maximum atomic E-state index is 6.29. The average Bonchev–Trinajstić information content (AvgIpc) is 3.18. The second-order valence-corrected chi connectivity index (χ2v) is 7.02. The fourth-order valence-electron chi connectivity index (χ4n) is 2.19. The molecule has 0 atom stereocenters. The Hall–Kier alpha value is -1.69. The van der Waals surface area contributed by atoms with Crippen LogP contribution in [0.5, 0.6) is 0 Å². The lowest BCUT2D eigenvalue weighted by molar-refractivity contribution is 0.829. The molecule has 0 aliphatic carbocycles. The van der Waals surface area contributed by atoms with Gasteiger partial charge in [0.05, 0.1) is 16.3 Å². The van der Waals surface area contributed by atoms with Crippen LogP contribution in [0.4, 0.5) is 0 Å². The first-order valence-corrected chi connectivity index (χ1v) is 9.40. The number of nitrogens with zero attached hydrogens (tertiary/aromatic N) is 3. The molecule has 3 nitrogen and oxygen atoms in total. The third-order valence-electron chi connectivity index (χ3n) is 3.27. The van der Waals surface area contributed by atoms with Crippen LogP contribution >= 0.6 is 34.3 Å². The van der Waals surface area contributed by atoms with E-state index in [9.17, 15) is 0 Å². The lowest BCUT2D eigenvalue weighted by Crippen LogP contribution is -2.14. The van der Waals surface area contributed by atoms with E-state index >= 15 is 0 Å². The van der Waals surface area contributed by atoms with Gasteiger partial charge in [-0.2, -0.15) is 5.10 Å².